The Labute approximate surface area is 122 Å². The summed E-state index contributed by atoms with van der Waals surface area (Å²) in [6.07, 6.45) is 1.88. The Morgan fingerprint density at radius 1 is 1.43 bits per heavy atom. The predicted octanol–water partition coefficient (Wildman–Crippen LogP) is 0.796. The number of β-amino-alcohol motifs (C(OH)–C–C–N with tert-alkyl or cyclic N) is 1. The molecule has 0 aliphatic carbocycles. The lowest BCUT2D eigenvalue weighted by Gasteiger charge is -2.21. The van der Waals surface area contributed by atoms with E-state index in [1.807, 2.05) is 30.3 Å². The van der Waals surface area contributed by atoms with E-state index in [2.05, 4.69) is 15.6 Å². The van der Waals surface area contributed by atoms with Crippen LogP contribution in [0.5, 0.6) is 0 Å². The van der Waals surface area contributed by atoms with Crippen LogP contribution >= 0.6 is 0 Å². The Hall–Kier alpha value is -2.18. The molecule has 21 heavy (non-hydrogen) atoms. The average molecular weight is 287 g/mol. The van der Waals surface area contributed by atoms with Gasteiger partial charge < -0.3 is 20.2 Å². The van der Waals surface area contributed by atoms with Gasteiger partial charge in [0, 0.05) is 18.7 Å². The first-order valence-corrected chi connectivity index (χ1v) is 6.88. The van der Waals surface area contributed by atoms with E-state index >= 15 is 0 Å². The van der Waals surface area contributed by atoms with Gasteiger partial charge in [0.1, 0.15) is 0 Å². The van der Waals surface area contributed by atoms with Crippen molar-refractivity contribution < 1.29 is 14.3 Å². The summed E-state index contributed by atoms with van der Waals surface area (Å²) in [5.74, 6) is 0.0903. The Bertz CT molecular complexity index is 618. The molecule has 0 bridgehead atoms. The minimum Gasteiger partial charge on any atom is -0.443 e. The second-order valence-corrected chi connectivity index (χ2v) is 5.23. The van der Waals surface area contributed by atoms with E-state index in [1.165, 1.54) is 6.39 Å². The molecule has 1 aromatic carbocycles. The molecule has 2 heterocycles. The van der Waals surface area contributed by atoms with Crippen LogP contribution in [-0.2, 0) is 0 Å². The highest BCUT2D eigenvalue weighted by Gasteiger charge is 2.32. The summed E-state index contributed by atoms with van der Waals surface area (Å²) >= 11 is 0. The van der Waals surface area contributed by atoms with Gasteiger partial charge in [-0.15, -0.1) is 0 Å². The number of oxazole rings is 1. The predicted molar refractivity (Wildman–Crippen MR) is 76.7 cm³/mol. The van der Waals surface area contributed by atoms with Gasteiger partial charge in [0.15, 0.2) is 17.8 Å². The molecule has 1 amide bonds. The number of carbonyl (C=O) groups excluding carboxylic acids is 1. The molecule has 0 spiro atoms. The van der Waals surface area contributed by atoms with Gasteiger partial charge >= 0.3 is 0 Å². The molecule has 1 aliphatic heterocycles. The van der Waals surface area contributed by atoms with Crippen molar-refractivity contribution >= 4 is 5.91 Å². The van der Waals surface area contributed by atoms with Crippen molar-refractivity contribution in [1.29, 1.82) is 0 Å². The summed E-state index contributed by atoms with van der Waals surface area (Å²) in [5.41, 5.74) is 0.143. The third-order valence-corrected chi connectivity index (χ3v) is 3.62. The smallest absolute Gasteiger partial charge is 0.274 e. The minimum atomic E-state index is -0.883. The first kappa shape index (κ1) is 13.8. The maximum absolute atomic E-state index is 12.2. The van der Waals surface area contributed by atoms with Crippen molar-refractivity contribution in [2.45, 2.75) is 12.0 Å². The van der Waals surface area contributed by atoms with E-state index in [0.717, 1.165) is 12.1 Å². The van der Waals surface area contributed by atoms with Crippen molar-refractivity contribution in [3.63, 3.8) is 0 Å². The Balaban J connectivity index is 1.72. The molecule has 1 fully saturated rings. The fourth-order valence-corrected chi connectivity index (χ4v) is 2.41. The molecule has 1 atom stereocenters. The van der Waals surface area contributed by atoms with Crippen LogP contribution < -0.4 is 10.6 Å². The first-order chi connectivity index (χ1) is 10.2. The normalized spacial score (nSPS) is 21.4. The van der Waals surface area contributed by atoms with Gasteiger partial charge in [-0.2, -0.15) is 0 Å². The SMILES string of the molecule is O=C(NC[C@@]1(O)CCNC1)c1ncoc1-c1ccccc1. The zero-order chi connectivity index (χ0) is 14.7. The summed E-state index contributed by atoms with van der Waals surface area (Å²) in [5, 5.41) is 16.0. The number of nitrogens with zero attached hydrogens (tertiary/aromatic N) is 1. The van der Waals surface area contributed by atoms with Crippen LogP contribution in [0.15, 0.2) is 41.1 Å². The number of hydrogen-bond donors (Lipinski definition) is 3. The summed E-state index contributed by atoms with van der Waals surface area (Å²) in [4.78, 5) is 16.2. The number of carbonyl (C=O) groups is 1. The lowest BCUT2D eigenvalue weighted by atomic mass is 10.0. The number of nitrogens with one attached hydrogen (secondary N) is 2. The number of aromatic nitrogens is 1. The molecule has 3 N–H and O–H groups in total. The van der Waals surface area contributed by atoms with Gasteiger partial charge in [-0.05, 0) is 13.0 Å². The average Bonchev–Trinajstić information content (AvgIpc) is 3.15. The van der Waals surface area contributed by atoms with Crippen LogP contribution in [-0.4, -0.2) is 41.2 Å². The van der Waals surface area contributed by atoms with Gasteiger partial charge in [-0.3, -0.25) is 4.79 Å². The molecular formula is C15H17N3O3. The van der Waals surface area contributed by atoms with E-state index < -0.39 is 5.60 Å². The molecule has 2 aromatic rings. The largest absolute Gasteiger partial charge is 0.443 e. The Morgan fingerprint density at radius 2 is 2.24 bits per heavy atom. The Morgan fingerprint density at radius 3 is 2.95 bits per heavy atom. The molecule has 0 unspecified atom stereocenters. The standard InChI is InChI=1S/C15H17N3O3/c19-14(17-9-15(20)6-7-16-8-15)12-13(21-10-18-12)11-4-2-1-3-5-11/h1-5,10,16,20H,6-9H2,(H,17,19)/t15-/m1/s1. The van der Waals surface area contributed by atoms with Crippen LogP contribution in [0.25, 0.3) is 11.3 Å². The maximum Gasteiger partial charge on any atom is 0.274 e. The third kappa shape index (κ3) is 2.96. The first-order valence-electron chi connectivity index (χ1n) is 6.88. The summed E-state index contributed by atoms with van der Waals surface area (Å²) in [6.45, 7) is 1.43. The molecule has 110 valence electrons. The zero-order valence-electron chi connectivity index (χ0n) is 11.5. The fourth-order valence-electron chi connectivity index (χ4n) is 2.41. The monoisotopic (exact) mass is 287 g/mol. The summed E-state index contributed by atoms with van der Waals surface area (Å²) < 4.78 is 5.32. The second kappa shape index (κ2) is 5.67. The van der Waals surface area contributed by atoms with Crippen molar-refractivity contribution in [2.75, 3.05) is 19.6 Å². The molecule has 1 aromatic heterocycles. The maximum atomic E-state index is 12.2. The van der Waals surface area contributed by atoms with Gasteiger partial charge in [-0.25, -0.2) is 4.98 Å². The van der Waals surface area contributed by atoms with Gasteiger partial charge in [0.2, 0.25) is 0 Å². The number of rotatable bonds is 4. The minimum absolute atomic E-state index is 0.194. The van der Waals surface area contributed by atoms with E-state index in [0.29, 0.717) is 18.7 Å². The highest BCUT2D eigenvalue weighted by Crippen LogP contribution is 2.22. The van der Waals surface area contributed by atoms with Crippen LogP contribution in [0.3, 0.4) is 0 Å². The molecule has 6 heteroatoms. The van der Waals surface area contributed by atoms with E-state index in [-0.39, 0.29) is 18.1 Å². The fraction of sp³-hybridized carbons (Fsp3) is 0.333. The second-order valence-electron chi connectivity index (χ2n) is 5.23. The molecule has 0 radical (unpaired) electrons. The molecule has 0 saturated carbocycles. The van der Waals surface area contributed by atoms with Gasteiger partial charge in [-0.1, -0.05) is 30.3 Å². The molecule has 1 aliphatic rings. The number of benzene rings is 1. The van der Waals surface area contributed by atoms with Crippen LogP contribution in [0.4, 0.5) is 0 Å². The number of hydrogen-bond acceptors (Lipinski definition) is 5. The topological polar surface area (TPSA) is 87.4 Å². The van der Waals surface area contributed by atoms with Gasteiger partial charge in [0.05, 0.1) is 5.60 Å². The van der Waals surface area contributed by atoms with Crippen molar-refractivity contribution in [1.82, 2.24) is 15.6 Å². The van der Waals surface area contributed by atoms with Crippen molar-refractivity contribution in [3.8, 4) is 11.3 Å². The summed E-state index contributed by atoms with van der Waals surface area (Å²) in [6, 6.07) is 9.33. The van der Waals surface area contributed by atoms with E-state index in [4.69, 9.17) is 4.42 Å². The highest BCUT2D eigenvalue weighted by molar-refractivity contribution is 5.97. The third-order valence-electron chi connectivity index (χ3n) is 3.62. The van der Waals surface area contributed by atoms with E-state index in [9.17, 15) is 9.90 Å². The molecular weight excluding hydrogens is 270 g/mol. The van der Waals surface area contributed by atoms with Crippen LogP contribution in [0.1, 0.15) is 16.9 Å². The lowest BCUT2D eigenvalue weighted by molar-refractivity contribution is 0.0560. The molecule has 6 nitrogen and oxygen atoms in total. The number of aliphatic hydroxyl groups is 1. The van der Waals surface area contributed by atoms with Crippen molar-refractivity contribution in [3.05, 3.63) is 42.4 Å². The van der Waals surface area contributed by atoms with Crippen molar-refractivity contribution in [2.24, 2.45) is 0 Å². The zero-order valence-corrected chi connectivity index (χ0v) is 11.5. The summed E-state index contributed by atoms with van der Waals surface area (Å²) in [7, 11) is 0. The quantitative estimate of drug-likeness (QED) is 0.774. The van der Waals surface area contributed by atoms with Crippen LogP contribution in [0.2, 0.25) is 0 Å². The highest BCUT2D eigenvalue weighted by atomic mass is 16.3. The number of amides is 1. The van der Waals surface area contributed by atoms with Gasteiger partial charge in [0.25, 0.3) is 5.91 Å². The Kier molecular flexibility index (Phi) is 3.72. The van der Waals surface area contributed by atoms with E-state index in [1.54, 1.807) is 0 Å². The molecule has 3 rings (SSSR count). The molecule has 1 saturated heterocycles. The lowest BCUT2D eigenvalue weighted by Crippen LogP contribution is -2.44. The van der Waals surface area contributed by atoms with Crippen LogP contribution in [0, 0.1) is 0 Å².